The van der Waals surface area contributed by atoms with Crippen LogP contribution in [0.15, 0.2) is 18.2 Å². The van der Waals surface area contributed by atoms with Gasteiger partial charge in [-0.25, -0.2) is 0 Å². The van der Waals surface area contributed by atoms with Crippen molar-refractivity contribution in [3.05, 3.63) is 23.8 Å². The molecule has 2 rings (SSSR count). The maximum atomic E-state index is 5.78. The fourth-order valence-electron chi connectivity index (χ4n) is 2.76. The summed E-state index contributed by atoms with van der Waals surface area (Å²) >= 11 is 5.11. The van der Waals surface area contributed by atoms with Crippen molar-refractivity contribution < 1.29 is 4.74 Å². The average molecular weight is 278 g/mol. The van der Waals surface area contributed by atoms with Gasteiger partial charge in [0.05, 0.1) is 7.11 Å². The third-order valence-corrected chi connectivity index (χ3v) is 4.04. The van der Waals surface area contributed by atoms with Crippen molar-refractivity contribution in [3.63, 3.8) is 0 Å². The lowest BCUT2D eigenvalue weighted by Crippen LogP contribution is -2.21. The second-order valence-electron chi connectivity index (χ2n) is 6.02. The van der Waals surface area contributed by atoms with Gasteiger partial charge in [0.15, 0.2) is 0 Å². The highest BCUT2D eigenvalue weighted by molar-refractivity contribution is 7.80. The zero-order valence-electron chi connectivity index (χ0n) is 11.8. The number of anilines is 1. The van der Waals surface area contributed by atoms with Crippen LogP contribution in [0.1, 0.15) is 38.7 Å². The summed E-state index contributed by atoms with van der Waals surface area (Å²) in [5.74, 6) is 0.819. The van der Waals surface area contributed by atoms with Gasteiger partial charge >= 0.3 is 0 Å². The number of nitrogens with one attached hydrogen (secondary N) is 1. The summed E-state index contributed by atoms with van der Waals surface area (Å²) < 4.78 is 5.27. The Labute approximate surface area is 120 Å². The number of hydrogen-bond acceptors (Lipinski definition) is 3. The van der Waals surface area contributed by atoms with Crippen LogP contribution < -0.4 is 15.8 Å². The molecule has 104 valence electrons. The van der Waals surface area contributed by atoms with Crippen molar-refractivity contribution in [2.24, 2.45) is 11.1 Å². The van der Waals surface area contributed by atoms with E-state index in [9.17, 15) is 0 Å². The smallest absolute Gasteiger partial charge is 0.120 e. The van der Waals surface area contributed by atoms with Crippen LogP contribution in [-0.2, 0) is 0 Å². The summed E-state index contributed by atoms with van der Waals surface area (Å²) in [4.78, 5) is 0.419. The zero-order valence-corrected chi connectivity index (χ0v) is 12.6. The fourth-order valence-corrected chi connectivity index (χ4v) is 2.94. The Hall–Kier alpha value is -1.29. The van der Waals surface area contributed by atoms with Gasteiger partial charge < -0.3 is 15.8 Å². The molecule has 0 aromatic heterocycles. The second kappa shape index (κ2) is 5.37. The molecule has 0 radical (unpaired) electrons. The first-order valence-electron chi connectivity index (χ1n) is 6.66. The van der Waals surface area contributed by atoms with Crippen molar-refractivity contribution in [1.29, 1.82) is 0 Å². The Morgan fingerprint density at radius 1 is 1.47 bits per heavy atom. The standard InChI is InChI=1S/C15H22N2OS/c1-15(2)7-6-10(9-15)17-13-8-11(18-3)4-5-12(13)14(16)19/h4-5,8,10,17H,6-7,9H2,1-3H3,(H2,16,19). The van der Waals surface area contributed by atoms with Crippen molar-refractivity contribution in [2.75, 3.05) is 12.4 Å². The minimum Gasteiger partial charge on any atom is -0.497 e. The van der Waals surface area contributed by atoms with Gasteiger partial charge in [-0.1, -0.05) is 26.1 Å². The summed E-state index contributed by atoms with van der Waals surface area (Å²) in [6, 6.07) is 6.26. The number of hydrogen-bond donors (Lipinski definition) is 2. The van der Waals surface area contributed by atoms with E-state index < -0.39 is 0 Å². The molecule has 1 saturated carbocycles. The van der Waals surface area contributed by atoms with Crippen LogP contribution >= 0.6 is 12.2 Å². The Bertz CT molecular complexity index is 485. The first-order valence-corrected chi connectivity index (χ1v) is 7.06. The van der Waals surface area contributed by atoms with Crippen LogP contribution in [0.5, 0.6) is 5.75 Å². The fraction of sp³-hybridized carbons (Fsp3) is 0.533. The van der Waals surface area contributed by atoms with Crippen LogP contribution in [0.2, 0.25) is 0 Å². The molecule has 1 atom stereocenters. The Kier molecular flexibility index (Phi) is 3.99. The van der Waals surface area contributed by atoms with Crippen LogP contribution in [0.25, 0.3) is 0 Å². The summed E-state index contributed by atoms with van der Waals surface area (Å²) in [7, 11) is 1.66. The molecule has 0 heterocycles. The van der Waals surface area contributed by atoms with E-state index in [-0.39, 0.29) is 0 Å². The lowest BCUT2D eigenvalue weighted by Gasteiger charge is -2.20. The van der Waals surface area contributed by atoms with E-state index in [0.717, 1.165) is 17.0 Å². The van der Waals surface area contributed by atoms with E-state index in [1.54, 1.807) is 7.11 Å². The molecule has 3 nitrogen and oxygen atoms in total. The van der Waals surface area contributed by atoms with Gasteiger partial charge in [-0.15, -0.1) is 0 Å². The lowest BCUT2D eigenvalue weighted by atomic mass is 9.92. The molecular weight excluding hydrogens is 256 g/mol. The van der Waals surface area contributed by atoms with E-state index in [1.165, 1.54) is 19.3 Å². The number of methoxy groups -OCH3 is 1. The molecule has 1 aliphatic rings. The number of ether oxygens (including phenoxy) is 1. The highest BCUT2D eigenvalue weighted by Gasteiger charge is 2.31. The van der Waals surface area contributed by atoms with Gasteiger partial charge in [-0.05, 0) is 36.8 Å². The van der Waals surface area contributed by atoms with Gasteiger partial charge in [-0.3, -0.25) is 0 Å². The molecule has 1 fully saturated rings. The number of thiocarbonyl (C=S) groups is 1. The molecule has 1 aromatic rings. The molecule has 0 amide bonds. The summed E-state index contributed by atoms with van der Waals surface area (Å²) in [5.41, 5.74) is 8.07. The third kappa shape index (κ3) is 3.38. The van der Waals surface area contributed by atoms with Crippen molar-refractivity contribution in [2.45, 2.75) is 39.2 Å². The minimum atomic E-state index is 0.417. The molecule has 1 unspecified atom stereocenters. The highest BCUT2D eigenvalue weighted by Crippen LogP contribution is 2.39. The molecule has 0 saturated heterocycles. The SMILES string of the molecule is COc1ccc(C(N)=S)c(NC2CCC(C)(C)C2)c1. The van der Waals surface area contributed by atoms with Gasteiger partial charge in [0.25, 0.3) is 0 Å². The molecule has 1 aliphatic carbocycles. The molecule has 4 heteroatoms. The average Bonchev–Trinajstić information content (AvgIpc) is 2.68. The van der Waals surface area contributed by atoms with Crippen molar-refractivity contribution in [1.82, 2.24) is 0 Å². The Morgan fingerprint density at radius 2 is 2.21 bits per heavy atom. The van der Waals surface area contributed by atoms with Crippen LogP contribution in [0.4, 0.5) is 5.69 Å². The van der Waals surface area contributed by atoms with Crippen molar-refractivity contribution >= 4 is 22.9 Å². The maximum Gasteiger partial charge on any atom is 0.120 e. The van der Waals surface area contributed by atoms with E-state index >= 15 is 0 Å². The van der Waals surface area contributed by atoms with Gasteiger partial charge in [0.1, 0.15) is 10.7 Å². The Morgan fingerprint density at radius 3 is 2.74 bits per heavy atom. The van der Waals surface area contributed by atoms with Gasteiger partial charge in [-0.2, -0.15) is 0 Å². The molecule has 0 aliphatic heterocycles. The third-order valence-electron chi connectivity index (χ3n) is 3.82. The largest absolute Gasteiger partial charge is 0.497 e. The summed E-state index contributed by atoms with van der Waals surface area (Å²) in [6.45, 7) is 4.63. The van der Waals surface area contributed by atoms with Crippen LogP contribution in [-0.4, -0.2) is 18.1 Å². The van der Waals surface area contributed by atoms with Crippen molar-refractivity contribution in [3.8, 4) is 5.75 Å². The monoisotopic (exact) mass is 278 g/mol. The normalized spacial score (nSPS) is 21.1. The summed E-state index contributed by atoms with van der Waals surface area (Å²) in [6.07, 6.45) is 3.60. The molecule has 0 spiro atoms. The Balaban J connectivity index is 2.20. The first-order chi connectivity index (χ1) is 8.91. The van der Waals surface area contributed by atoms with E-state index in [1.807, 2.05) is 18.2 Å². The van der Waals surface area contributed by atoms with E-state index in [0.29, 0.717) is 16.4 Å². The van der Waals surface area contributed by atoms with Gasteiger partial charge in [0.2, 0.25) is 0 Å². The zero-order chi connectivity index (χ0) is 14.0. The predicted octanol–water partition coefficient (Wildman–Crippen LogP) is 3.32. The maximum absolute atomic E-state index is 5.78. The first kappa shape index (κ1) is 14.1. The quantitative estimate of drug-likeness (QED) is 0.829. The second-order valence-corrected chi connectivity index (χ2v) is 6.46. The molecule has 19 heavy (non-hydrogen) atoms. The topological polar surface area (TPSA) is 47.3 Å². The predicted molar refractivity (Wildman–Crippen MR) is 83.9 cm³/mol. The van der Waals surface area contributed by atoms with E-state index in [2.05, 4.69) is 19.2 Å². The molecular formula is C15H22N2OS. The lowest BCUT2D eigenvalue weighted by molar-refractivity contribution is 0.378. The molecule has 3 N–H and O–H groups in total. The highest BCUT2D eigenvalue weighted by atomic mass is 32.1. The van der Waals surface area contributed by atoms with Crippen LogP contribution in [0.3, 0.4) is 0 Å². The van der Waals surface area contributed by atoms with E-state index in [4.69, 9.17) is 22.7 Å². The van der Waals surface area contributed by atoms with Gasteiger partial charge in [0, 0.05) is 23.4 Å². The number of rotatable bonds is 4. The number of benzene rings is 1. The molecule has 1 aromatic carbocycles. The minimum absolute atomic E-state index is 0.417. The summed E-state index contributed by atoms with van der Waals surface area (Å²) in [5, 5.41) is 3.57. The van der Waals surface area contributed by atoms with Crippen LogP contribution in [0, 0.1) is 5.41 Å². The molecule has 0 bridgehead atoms. The number of nitrogens with two attached hydrogens (primary N) is 1.